The van der Waals surface area contributed by atoms with E-state index in [1.54, 1.807) is 11.3 Å². The standard InChI is InChI=1S/C22H22N2OS/c25-22-19-10-4-5-11-21(19)26-17-20(22)24-15-13-23(14-16-24)12-6-9-18-7-2-1-3-8-18/h1-11,17H,12-16H2/b9-6+. The first-order valence-electron chi connectivity index (χ1n) is 9.01. The zero-order valence-corrected chi connectivity index (χ0v) is 15.5. The molecule has 1 aromatic heterocycles. The Labute approximate surface area is 157 Å². The molecule has 2 heterocycles. The van der Waals surface area contributed by atoms with E-state index in [1.807, 2.05) is 35.7 Å². The summed E-state index contributed by atoms with van der Waals surface area (Å²) in [6.07, 6.45) is 4.40. The minimum atomic E-state index is 0.164. The fourth-order valence-electron chi connectivity index (χ4n) is 3.36. The van der Waals surface area contributed by atoms with Crippen LogP contribution in [0.15, 0.2) is 70.8 Å². The van der Waals surface area contributed by atoms with Crippen molar-refractivity contribution >= 4 is 33.2 Å². The molecule has 0 saturated carbocycles. The average Bonchev–Trinajstić information content (AvgIpc) is 2.70. The average molecular weight is 362 g/mol. The lowest BCUT2D eigenvalue weighted by atomic mass is 10.2. The van der Waals surface area contributed by atoms with Gasteiger partial charge in [-0.15, -0.1) is 11.3 Å². The Bertz CT molecular complexity index is 957. The lowest BCUT2D eigenvalue weighted by Gasteiger charge is -2.35. The first-order valence-corrected chi connectivity index (χ1v) is 9.89. The van der Waals surface area contributed by atoms with Crippen molar-refractivity contribution in [3.63, 3.8) is 0 Å². The quantitative estimate of drug-likeness (QED) is 0.698. The molecule has 0 amide bonds. The van der Waals surface area contributed by atoms with Gasteiger partial charge in [-0.05, 0) is 17.7 Å². The molecule has 0 radical (unpaired) electrons. The molecule has 132 valence electrons. The summed E-state index contributed by atoms with van der Waals surface area (Å²) < 4.78 is 1.06. The Balaban J connectivity index is 1.39. The van der Waals surface area contributed by atoms with Crippen LogP contribution < -0.4 is 10.3 Å². The van der Waals surface area contributed by atoms with Crippen molar-refractivity contribution in [3.8, 4) is 0 Å². The first kappa shape index (κ1) is 17.0. The van der Waals surface area contributed by atoms with Crippen molar-refractivity contribution in [1.29, 1.82) is 0 Å². The van der Waals surface area contributed by atoms with Crippen LogP contribution in [0.1, 0.15) is 5.56 Å². The number of anilines is 1. The molecule has 0 unspecified atom stereocenters. The molecule has 1 saturated heterocycles. The molecule has 3 nitrogen and oxygen atoms in total. The molecule has 3 aromatic rings. The molecule has 1 aliphatic rings. The lowest BCUT2D eigenvalue weighted by molar-refractivity contribution is 0.284. The predicted octanol–water partition coefficient (Wildman–Crippen LogP) is 4.10. The first-order chi connectivity index (χ1) is 12.8. The number of rotatable bonds is 4. The zero-order chi connectivity index (χ0) is 17.8. The van der Waals surface area contributed by atoms with Crippen LogP contribution in [0.25, 0.3) is 16.2 Å². The molecule has 0 aliphatic carbocycles. The third-order valence-electron chi connectivity index (χ3n) is 4.85. The highest BCUT2D eigenvalue weighted by atomic mass is 32.1. The maximum atomic E-state index is 12.8. The maximum Gasteiger partial charge on any atom is 0.211 e. The summed E-state index contributed by atoms with van der Waals surface area (Å²) in [6, 6.07) is 18.3. The van der Waals surface area contributed by atoms with E-state index in [9.17, 15) is 4.79 Å². The van der Waals surface area contributed by atoms with Gasteiger partial charge >= 0.3 is 0 Å². The van der Waals surface area contributed by atoms with E-state index in [-0.39, 0.29) is 5.43 Å². The lowest BCUT2D eigenvalue weighted by Crippen LogP contribution is -2.47. The molecule has 4 rings (SSSR count). The molecular weight excluding hydrogens is 340 g/mol. The fourth-order valence-corrected chi connectivity index (χ4v) is 4.30. The minimum absolute atomic E-state index is 0.164. The van der Waals surface area contributed by atoms with Crippen molar-refractivity contribution < 1.29 is 0 Å². The van der Waals surface area contributed by atoms with Crippen molar-refractivity contribution in [1.82, 2.24) is 4.90 Å². The van der Waals surface area contributed by atoms with Gasteiger partial charge in [0.1, 0.15) is 0 Å². The Morgan fingerprint density at radius 2 is 1.65 bits per heavy atom. The van der Waals surface area contributed by atoms with E-state index < -0.39 is 0 Å². The Kier molecular flexibility index (Phi) is 5.14. The van der Waals surface area contributed by atoms with Crippen LogP contribution in [0, 0.1) is 0 Å². The Morgan fingerprint density at radius 3 is 2.46 bits per heavy atom. The molecule has 0 atom stereocenters. The fraction of sp³-hybridized carbons (Fsp3) is 0.227. The summed E-state index contributed by atoms with van der Waals surface area (Å²) in [5.74, 6) is 0. The van der Waals surface area contributed by atoms with Crippen molar-refractivity contribution in [2.45, 2.75) is 0 Å². The van der Waals surface area contributed by atoms with Gasteiger partial charge in [-0.3, -0.25) is 9.69 Å². The van der Waals surface area contributed by atoms with Gasteiger partial charge in [0.2, 0.25) is 5.43 Å². The van der Waals surface area contributed by atoms with Crippen LogP contribution in [-0.2, 0) is 0 Å². The largest absolute Gasteiger partial charge is 0.365 e. The van der Waals surface area contributed by atoms with Crippen LogP contribution in [0.5, 0.6) is 0 Å². The topological polar surface area (TPSA) is 23.6 Å². The summed E-state index contributed by atoms with van der Waals surface area (Å²) in [5, 5.41) is 2.86. The maximum absolute atomic E-state index is 12.8. The van der Waals surface area contributed by atoms with E-state index in [2.05, 4.69) is 46.2 Å². The molecule has 0 spiro atoms. The van der Waals surface area contributed by atoms with Gasteiger partial charge in [0.15, 0.2) is 0 Å². The van der Waals surface area contributed by atoms with E-state index >= 15 is 0 Å². The minimum Gasteiger partial charge on any atom is -0.365 e. The predicted molar refractivity (Wildman–Crippen MR) is 112 cm³/mol. The molecule has 0 bridgehead atoms. The number of fused-ring (bicyclic) bond motifs is 1. The Hall–Kier alpha value is -2.43. The van der Waals surface area contributed by atoms with Gasteiger partial charge in [0, 0.05) is 48.2 Å². The van der Waals surface area contributed by atoms with Gasteiger partial charge in [-0.2, -0.15) is 0 Å². The van der Waals surface area contributed by atoms with Crippen LogP contribution in [0.2, 0.25) is 0 Å². The van der Waals surface area contributed by atoms with Gasteiger partial charge in [-0.1, -0.05) is 54.6 Å². The second kappa shape index (κ2) is 7.85. The highest BCUT2D eigenvalue weighted by Crippen LogP contribution is 2.22. The summed E-state index contributed by atoms with van der Waals surface area (Å²) in [4.78, 5) is 17.5. The second-order valence-corrected chi connectivity index (χ2v) is 7.46. The van der Waals surface area contributed by atoms with Crippen molar-refractivity contribution in [2.75, 3.05) is 37.6 Å². The van der Waals surface area contributed by atoms with E-state index in [4.69, 9.17) is 0 Å². The molecule has 1 aliphatic heterocycles. The highest BCUT2D eigenvalue weighted by Gasteiger charge is 2.19. The van der Waals surface area contributed by atoms with Crippen LogP contribution in [0.4, 0.5) is 5.69 Å². The Morgan fingerprint density at radius 1 is 0.923 bits per heavy atom. The number of hydrogen-bond donors (Lipinski definition) is 0. The highest BCUT2D eigenvalue weighted by molar-refractivity contribution is 7.16. The summed E-state index contributed by atoms with van der Waals surface area (Å²) in [6.45, 7) is 4.72. The monoisotopic (exact) mass is 362 g/mol. The van der Waals surface area contributed by atoms with E-state index in [1.165, 1.54) is 5.56 Å². The van der Waals surface area contributed by atoms with Gasteiger partial charge in [-0.25, -0.2) is 0 Å². The molecule has 4 heteroatoms. The zero-order valence-electron chi connectivity index (χ0n) is 14.7. The SMILES string of the molecule is O=c1c(N2CCN(C/C=C/c3ccccc3)CC2)csc2ccccc12. The molecule has 0 N–H and O–H groups in total. The molecule has 26 heavy (non-hydrogen) atoms. The summed E-state index contributed by atoms with van der Waals surface area (Å²) in [5.41, 5.74) is 2.25. The summed E-state index contributed by atoms with van der Waals surface area (Å²) >= 11 is 1.66. The smallest absolute Gasteiger partial charge is 0.211 e. The normalized spacial score (nSPS) is 15.8. The van der Waals surface area contributed by atoms with Crippen LogP contribution in [0.3, 0.4) is 0 Å². The second-order valence-electron chi connectivity index (χ2n) is 6.55. The van der Waals surface area contributed by atoms with Gasteiger partial charge in [0.05, 0.1) is 5.69 Å². The van der Waals surface area contributed by atoms with Crippen molar-refractivity contribution in [2.24, 2.45) is 0 Å². The number of benzene rings is 2. The van der Waals surface area contributed by atoms with Crippen molar-refractivity contribution in [3.05, 3.63) is 81.8 Å². The van der Waals surface area contributed by atoms with Crippen LogP contribution in [-0.4, -0.2) is 37.6 Å². The number of nitrogens with zero attached hydrogens (tertiary/aromatic N) is 2. The van der Waals surface area contributed by atoms with Gasteiger partial charge < -0.3 is 4.90 Å². The summed E-state index contributed by atoms with van der Waals surface area (Å²) in [7, 11) is 0. The third-order valence-corrected chi connectivity index (χ3v) is 5.80. The molecule has 1 fully saturated rings. The van der Waals surface area contributed by atoms with E-state index in [0.717, 1.165) is 48.5 Å². The number of hydrogen-bond acceptors (Lipinski definition) is 4. The van der Waals surface area contributed by atoms with Crippen LogP contribution >= 0.6 is 11.3 Å². The third kappa shape index (κ3) is 3.71. The molecule has 2 aromatic carbocycles. The molecular formula is C22H22N2OS. The number of piperazine rings is 1. The van der Waals surface area contributed by atoms with Gasteiger partial charge in [0.25, 0.3) is 0 Å². The van der Waals surface area contributed by atoms with E-state index in [0.29, 0.717) is 0 Å².